The normalized spacial score (nSPS) is 20.5. The van der Waals surface area contributed by atoms with Gasteiger partial charge >= 0.3 is 0 Å². The molecule has 1 atom stereocenters. The van der Waals surface area contributed by atoms with E-state index in [0.29, 0.717) is 5.41 Å². The molecule has 0 aromatic carbocycles. The third kappa shape index (κ3) is 2.10. The number of hydrogen-bond donors (Lipinski definition) is 1. The van der Waals surface area contributed by atoms with Crippen LogP contribution in [0.15, 0.2) is 18.5 Å². The Labute approximate surface area is 83.3 Å². The molecule has 0 spiro atoms. The van der Waals surface area contributed by atoms with E-state index in [9.17, 15) is 4.39 Å². The standard InChI is InChI=1S/C11H15FN2/c1-11(2-3-11)5-10(13)8-4-9(12)7-14-6-8/h4,6-7,10H,2-3,5,13H2,1H3. The molecule has 1 aromatic rings. The zero-order chi connectivity index (χ0) is 10.2. The molecule has 2 N–H and O–H groups in total. The molecule has 1 fully saturated rings. The van der Waals surface area contributed by atoms with Gasteiger partial charge in [0, 0.05) is 12.2 Å². The first kappa shape index (κ1) is 9.59. The molecule has 0 amide bonds. The molecule has 0 radical (unpaired) electrons. The Morgan fingerprint density at radius 3 is 2.86 bits per heavy atom. The Morgan fingerprint density at radius 2 is 2.29 bits per heavy atom. The van der Waals surface area contributed by atoms with E-state index in [0.717, 1.165) is 12.0 Å². The van der Waals surface area contributed by atoms with E-state index in [-0.39, 0.29) is 11.9 Å². The van der Waals surface area contributed by atoms with E-state index in [1.807, 2.05) is 0 Å². The Bertz CT molecular complexity index is 334. The van der Waals surface area contributed by atoms with E-state index in [1.54, 1.807) is 6.20 Å². The summed E-state index contributed by atoms with van der Waals surface area (Å²) in [5.74, 6) is -0.307. The number of rotatable bonds is 3. The third-order valence-corrected chi connectivity index (χ3v) is 2.97. The summed E-state index contributed by atoms with van der Waals surface area (Å²) in [7, 11) is 0. The minimum Gasteiger partial charge on any atom is -0.324 e. The van der Waals surface area contributed by atoms with Gasteiger partial charge in [-0.25, -0.2) is 4.39 Å². The van der Waals surface area contributed by atoms with Crippen LogP contribution in [0.2, 0.25) is 0 Å². The fourth-order valence-electron chi connectivity index (χ4n) is 1.70. The Balaban J connectivity index is 2.06. The van der Waals surface area contributed by atoms with Crippen molar-refractivity contribution in [2.75, 3.05) is 0 Å². The van der Waals surface area contributed by atoms with Gasteiger partial charge in [0.15, 0.2) is 0 Å². The minimum absolute atomic E-state index is 0.0781. The van der Waals surface area contributed by atoms with Crippen LogP contribution in [0.5, 0.6) is 0 Å². The van der Waals surface area contributed by atoms with Crippen LogP contribution < -0.4 is 5.73 Å². The van der Waals surface area contributed by atoms with Gasteiger partial charge in [-0.2, -0.15) is 0 Å². The predicted octanol–water partition coefficient (Wildman–Crippen LogP) is 2.41. The summed E-state index contributed by atoms with van der Waals surface area (Å²) in [4.78, 5) is 3.80. The third-order valence-electron chi connectivity index (χ3n) is 2.97. The van der Waals surface area contributed by atoms with Crippen molar-refractivity contribution in [3.8, 4) is 0 Å². The Hall–Kier alpha value is -0.960. The maximum absolute atomic E-state index is 12.9. The van der Waals surface area contributed by atoms with Crippen LogP contribution in [-0.2, 0) is 0 Å². The van der Waals surface area contributed by atoms with Crippen LogP contribution in [0.25, 0.3) is 0 Å². The molecule has 76 valence electrons. The van der Waals surface area contributed by atoms with Gasteiger partial charge in [0.25, 0.3) is 0 Å². The van der Waals surface area contributed by atoms with Crippen LogP contribution >= 0.6 is 0 Å². The van der Waals surface area contributed by atoms with Gasteiger partial charge in [0.05, 0.1) is 6.20 Å². The number of nitrogens with zero attached hydrogens (tertiary/aromatic N) is 1. The summed E-state index contributed by atoms with van der Waals surface area (Å²) in [5.41, 5.74) is 7.18. The number of pyridine rings is 1. The predicted molar refractivity (Wildman–Crippen MR) is 53.1 cm³/mol. The van der Waals surface area contributed by atoms with Crippen LogP contribution in [0.4, 0.5) is 4.39 Å². The van der Waals surface area contributed by atoms with Gasteiger partial charge in [-0.05, 0) is 36.3 Å². The first-order valence-electron chi connectivity index (χ1n) is 4.95. The first-order valence-corrected chi connectivity index (χ1v) is 4.95. The quantitative estimate of drug-likeness (QED) is 0.802. The average Bonchev–Trinajstić information content (AvgIpc) is 2.83. The molecule has 1 unspecified atom stereocenters. The lowest BCUT2D eigenvalue weighted by Gasteiger charge is -2.15. The van der Waals surface area contributed by atoms with Crippen molar-refractivity contribution in [3.63, 3.8) is 0 Å². The Morgan fingerprint density at radius 1 is 1.57 bits per heavy atom. The highest BCUT2D eigenvalue weighted by Crippen LogP contribution is 2.50. The van der Waals surface area contributed by atoms with E-state index in [4.69, 9.17) is 5.73 Å². The highest BCUT2D eigenvalue weighted by Gasteiger charge is 2.38. The summed E-state index contributed by atoms with van der Waals surface area (Å²) in [6, 6.07) is 1.40. The number of hydrogen-bond acceptors (Lipinski definition) is 2. The Kier molecular flexibility index (Phi) is 2.27. The van der Waals surface area contributed by atoms with Gasteiger partial charge in [-0.3, -0.25) is 4.98 Å². The van der Waals surface area contributed by atoms with Crippen molar-refractivity contribution in [2.45, 2.75) is 32.2 Å². The molecule has 14 heavy (non-hydrogen) atoms. The van der Waals surface area contributed by atoms with E-state index < -0.39 is 0 Å². The molecule has 0 bridgehead atoms. The van der Waals surface area contributed by atoms with Crippen LogP contribution in [0, 0.1) is 11.2 Å². The smallest absolute Gasteiger partial charge is 0.141 e. The maximum Gasteiger partial charge on any atom is 0.141 e. The van der Waals surface area contributed by atoms with Crippen molar-refractivity contribution in [1.82, 2.24) is 4.98 Å². The average molecular weight is 194 g/mol. The second kappa shape index (κ2) is 3.31. The lowest BCUT2D eigenvalue weighted by atomic mass is 9.95. The molecule has 0 aliphatic heterocycles. The lowest BCUT2D eigenvalue weighted by molar-refractivity contribution is 0.454. The molecule has 1 saturated carbocycles. The van der Waals surface area contributed by atoms with Gasteiger partial charge < -0.3 is 5.73 Å². The van der Waals surface area contributed by atoms with Gasteiger partial charge in [0.1, 0.15) is 5.82 Å². The summed E-state index contributed by atoms with van der Waals surface area (Å²) >= 11 is 0. The topological polar surface area (TPSA) is 38.9 Å². The summed E-state index contributed by atoms with van der Waals surface area (Å²) < 4.78 is 12.9. The lowest BCUT2D eigenvalue weighted by Crippen LogP contribution is -2.15. The maximum atomic E-state index is 12.9. The molecule has 0 saturated heterocycles. The fourth-order valence-corrected chi connectivity index (χ4v) is 1.70. The summed E-state index contributed by atoms with van der Waals surface area (Å²) in [5, 5.41) is 0. The molecular formula is C11H15FN2. The van der Waals surface area contributed by atoms with E-state index >= 15 is 0 Å². The molecule has 1 heterocycles. The van der Waals surface area contributed by atoms with Crippen molar-refractivity contribution < 1.29 is 4.39 Å². The zero-order valence-corrected chi connectivity index (χ0v) is 8.33. The van der Waals surface area contributed by atoms with E-state index in [1.165, 1.54) is 25.1 Å². The number of aromatic nitrogens is 1. The number of nitrogens with two attached hydrogens (primary N) is 1. The molecule has 2 nitrogen and oxygen atoms in total. The van der Waals surface area contributed by atoms with Crippen molar-refractivity contribution in [1.29, 1.82) is 0 Å². The van der Waals surface area contributed by atoms with Gasteiger partial charge in [-0.15, -0.1) is 0 Å². The highest BCUT2D eigenvalue weighted by molar-refractivity contribution is 5.15. The van der Waals surface area contributed by atoms with Crippen LogP contribution in [-0.4, -0.2) is 4.98 Å². The summed E-state index contributed by atoms with van der Waals surface area (Å²) in [6.45, 7) is 2.22. The SMILES string of the molecule is CC1(CC(N)c2cncc(F)c2)CC1. The number of halogens is 1. The van der Waals surface area contributed by atoms with Gasteiger partial charge in [-0.1, -0.05) is 6.92 Å². The monoisotopic (exact) mass is 194 g/mol. The molecule has 3 heteroatoms. The molecule has 1 aliphatic carbocycles. The van der Waals surface area contributed by atoms with Crippen molar-refractivity contribution in [2.24, 2.45) is 11.1 Å². The second-order valence-corrected chi connectivity index (χ2v) is 4.56. The van der Waals surface area contributed by atoms with E-state index in [2.05, 4.69) is 11.9 Å². The van der Waals surface area contributed by atoms with Crippen molar-refractivity contribution >= 4 is 0 Å². The summed E-state index contributed by atoms with van der Waals surface area (Å²) in [6.07, 6.45) is 6.26. The highest BCUT2D eigenvalue weighted by atomic mass is 19.1. The molecular weight excluding hydrogens is 179 g/mol. The van der Waals surface area contributed by atoms with Crippen LogP contribution in [0.1, 0.15) is 37.8 Å². The molecule has 1 aromatic heterocycles. The van der Waals surface area contributed by atoms with Gasteiger partial charge in [0.2, 0.25) is 0 Å². The fraction of sp³-hybridized carbons (Fsp3) is 0.545. The zero-order valence-electron chi connectivity index (χ0n) is 8.33. The second-order valence-electron chi connectivity index (χ2n) is 4.56. The largest absolute Gasteiger partial charge is 0.324 e. The molecule has 2 rings (SSSR count). The first-order chi connectivity index (χ1) is 6.59. The van der Waals surface area contributed by atoms with Crippen molar-refractivity contribution in [3.05, 3.63) is 29.8 Å². The minimum atomic E-state index is -0.307. The molecule has 1 aliphatic rings. The van der Waals surface area contributed by atoms with Crippen LogP contribution in [0.3, 0.4) is 0 Å².